The van der Waals surface area contributed by atoms with Gasteiger partial charge >= 0.3 is 11.7 Å². The smallest absolute Gasteiger partial charge is 0.343 e. The zero-order valence-electron chi connectivity index (χ0n) is 15.1. The van der Waals surface area contributed by atoms with E-state index in [-0.39, 0.29) is 29.3 Å². The number of hydrogen-bond acceptors (Lipinski definition) is 6. The van der Waals surface area contributed by atoms with Gasteiger partial charge in [0.25, 0.3) is 0 Å². The molecule has 3 N–H and O–H groups in total. The summed E-state index contributed by atoms with van der Waals surface area (Å²) < 4.78 is 15.9. The number of esters is 1. The van der Waals surface area contributed by atoms with Crippen molar-refractivity contribution in [3.05, 3.63) is 51.9 Å². The summed E-state index contributed by atoms with van der Waals surface area (Å²) in [5.74, 6) is -0.195. The Morgan fingerprint density at radius 1 is 1.11 bits per heavy atom. The maximum Gasteiger partial charge on any atom is 0.343 e. The molecule has 1 aliphatic heterocycles. The Balaban J connectivity index is 1.54. The zero-order chi connectivity index (χ0) is 19.8. The first-order valence-corrected chi connectivity index (χ1v) is 8.48. The quantitative estimate of drug-likeness (QED) is 0.580. The Morgan fingerprint density at radius 2 is 1.89 bits per heavy atom. The van der Waals surface area contributed by atoms with Crippen molar-refractivity contribution < 1.29 is 23.8 Å². The van der Waals surface area contributed by atoms with Crippen LogP contribution in [0.1, 0.15) is 28.4 Å². The number of imidazole rings is 1. The molecule has 0 aliphatic carbocycles. The molecule has 28 heavy (non-hydrogen) atoms. The summed E-state index contributed by atoms with van der Waals surface area (Å²) in [6.07, 6.45) is -0.784. The van der Waals surface area contributed by atoms with Gasteiger partial charge in [-0.25, -0.2) is 9.59 Å². The molecule has 2 aromatic carbocycles. The van der Waals surface area contributed by atoms with Gasteiger partial charge in [0, 0.05) is 11.3 Å². The fourth-order valence-electron chi connectivity index (χ4n) is 3.31. The SMILES string of the molecule is COc1ccc2c(c1OC)C(=O)O[C@H]2CC(=O)Nc1ccc2[nH]c(=O)[nH]c2c1. The first-order valence-electron chi connectivity index (χ1n) is 8.48. The van der Waals surface area contributed by atoms with Gasteiger partial charge in [0.1, 0.15) is 11.7 Å². The van der Waals surface area contributed by atoms with Gasteiger partial charge in [0.2, 0.25) is 5.91 Å². The van der Waals surface area contributed by atoms with Crippen LogP contribution in [-0.2, 0) is 9.53 Å². The number of amides is 1. The van der Waals surface area contributed by atoms with Gasteiger partial charge in [-0.1, -0.05) is 6.07 Å². The minimum Gasteiger partial charge on any atom is -0.493 e. The van der Waals surface area contributed by atoms with E-state index in [1.807, 2.05) is 0 Å². The molecule has 144 valence electrons. The number of aromatic nitrogens is 2. The van der Waals surface area contributed by atoms with Gasteiger partial charge in [0.15, 0.2) is 11.5 Å². The molecule has 0 fully saturated rings. The van der Waals surface area contributed by atoms with Crippen LogP contribution in [0.25, 0.3) is 11.0 Å². The van der Waals surface area contributed by atoms with Gasteiger partial charge in [-0.2, -0.15) is 0 Å². The molecule has 2 heterocycles. The molecular formula is C19H17N3O6. The van der Waals surface area contributed by atoms with Crippen LogP contribution in [0.3, 0.4) is 0 Å². The number of anilines is 1. The lowest BCUT2D eigenvalue weighted by atomic mass is 10.0. The third kappa shape index (κ3) is 2.96. The zero-order valence-corrected chi connectivity index (χ0v) is 15.1. The third-order valence-electron chi connectivity index (χ3n) is 4.55. The van der Waals surface area contributed by atoms with E-state index in [4.69, 9.17) is 14.2 Å². The lowest BCUT2D eigenvalue weighted by Crippen LogP contribution is -2.15. The minimum atomic E-state index is -0.724. The summed E-state index contributed by atoms with van der Waals surface area (Å²) in [7, 11) is 2.91. The van der Waals surface area contributed by atoms with E-state index in [0.717, 1.165) is 0 Å². The predicted molar refractivity (Wildman–Crippen MR) is 99.9 cm³/mol. The third-order valence-corrected chi connectivity index (χ3v) is 4.55. The van der Waals surface area contributed by atoms with Crippen LogP contribution in [0.15, 0.2) is 35.1 Å². The average Bonchev–Trinajstić information content (AvgIpc) is 3.19. The highest BCUT2D eigenvalue weighted by Crippen LogP contribution is 2.43. The molecule has 0 spiro atoms. The Kier molecular flexibility index (Phi) is 4.26. The average molecular weight is 383 g/mol. The number of rotatable bonds is 5. The van der Waals surface area contributed by atoms with Crippen LogP contribution < -0.4 is 20.5 Å². The second kappa shape index (κ2) is 6.76. The van der Waals surface area contributed by atoms with Crippen molar-refractivity contribution in [2.75, 3.05) is 19.5 Å². The van der Waals surface area contributed by atoms with Crippen LogP contribution in [-0.4, -0.2) is 36.1 Å². The van der Waals surface area contributed by atoms with Gasteiger partial charge in [0.05, 0.1) is 31.7 Å². The first-order chi connectivity index (χ1) is 13.5. The summed E-state index contributed by atoms with van der Waals surface area (Å²) >= 11 is 0. The second-order valence-corrected chi connectivity index (χ2v) is 6.25. The molecular weight excluding hydrogens is 366 g/mol. The lowest BCUT2D eigenvalue weighted by Gasteiger charge is -2.12. The number of fused-ring (bicyclic) bond motifs is 2. The maximum atomic E-state index is 12.5. The Labute approximate surface area is 158 Å². The number of aromatic amines is 2. The van der Waals surface area contributed by atoms with Crippen LogP contribution in [0.4, 0.5) is 5.69 Å². The number of hydrogen-bond donors (Lipinski definition) is 3. The highest BCUT2D eigenvalue weighted by molar-refractivity contribution is 5.99. The largest absolute Gasteiger partial charge is 0.493 e. The fourth-order valence-corrected chi connectivity index (χ4v) is 3.31. The standard InChI is InChI=1S/C19H17N3O6/c1-26-13-6-4-10-14(28-18(24)16(10)17(13)27-2)8-15(23)20-9-3-5-11-12(7-9)22-19(25)21-11/h3-7,14H,8H2,1-2H3,(H,20,23)(H2,21,22,25)/t14-/m0/s1. The molecule has 1 amide bonds. The van der Waals surface area contributed by atoms with Crippen molar-refractivity contribution >= 4 is 28.6 Å². The summed E-state index contributed by atoms with van der Waals surface area (Å²) in [4.78, 5) is 41.3. The van der Waals surface area contributed by atoms with Crippen molar-refractivity contribution in [3.63, 3.8) is 0 Å². The first kappa shape index (κ1) is 17.7. The number of cyclic esters (lactones) is 1. The minimum absolute atomic E-state index is 0.0596. The maximum absolute atomic E-state index is 12.5. The molecule has 9 heteroatoms. The van der Waals surface area contributed by atoms with E-state index in [1.165, 1.54) is 14.2 Å². The van der Waals surface area contributed by atoms with Crippen LogP contribution in [0, 0.1) is 0 Å². The molecule has 0 unspecified atom stereocenters. The molecule has 3 aromatic rings. The number of nitrogens with one attached hydrogen (secondary N) is 3. The van der Waals surface area contributed by atoms with Gasteiger partial charge in [-0.15, -0.1) is 0 Å². The van der Waals surface area contributed by atoms with Gasteiger partial charge in [-0.05, 0) is 24.3 Å². The predicted octanol–water partition coefficient (Wildman–Crippen LogP) is 2.11. The molecule has 1 aromatic heterocycles. The van der Waals surface area contributed by atoms with Crippen molar-refractivity contribution in [1.82, 2.24) is 9.97 Å². The Hall–Kier alpha value is -3.75. The summed E-state index contributed by atoms with van der Waals surface area (Å²) in [6.45, 7) is 0. The Bertz CT molecular complexity index is 1150. The van der Waals surface area contributed by atoms with E-state index in [1.54, 1.807) is 30.3 Å². The monoisotopic (exact) mass is 383 g/mol. The van der Waals surface area contributed by atoms with Gasteiger partial charge < -0.3 is 29.5 Å². The molecule has 0 saturated heterocycles. The van der Waals surface area contributed by atoms with Crippen LogP contribution in [0.5, 0.6) is 11.5 Å². The second-order valence-electron chi connectivity index (χ2n) is 6.25. The summed E-state index contributed by atoms with van der Waals surface area (Å²) in [6, 6.07) is 8.36. The van der Waals surface area contributed by atoms with E-state index >= 15 is 0 Å². The van der Waals surface area contributed by atoms with Crippen LogP contribution in [0.2, 0.25) is 0 Å². The molecule has 0 radical (unpaired) electrons. The van der Waals surface area contributed by atoms with E-state index in [0.29, 0.717) is 28.0 Å². The molecule has 1 atom stereocenters. The fraction of sp³-hybridized carbons (Fsp3) is 0.211. The molecule has 9 nitrogen and oxygen atoms in total. The summed E-state index contributed by atoms with van der Waals surface area (Å²) in [5.41, 5.74) is 2.26. The topological polar surface area (TPSA) is 123 Å². The van der Waals surface area contributed by atoms with Crippen molar-refractivity contribution in [2.24, 2.45) is 0 Å². The number of carbonyl (C=O) groups is 2. The highest BCUT2D eigenvalue weighted by Gasteiger charge is 2.36. The van der Waals surface area contributed by atoms with Crippen molar-refractivity contribution in [1.29, 1.82) is 0 Å². The number of methoxy groups -OCH3 is 2. The molecule has 0 bridgehead atoms. The number of benzene rings is 2. The molecule has 0 saturated carbocycles. The number of H-pyrrole nitrogens is 2. The number of carbonyl (C=O) groups excluding carboxylic acids is 2. The van der Waals surface area contributed by atoms with Crippen LogP contribution >= 0.6 is 0 Å². The normalized spacial score (nSPS) is 15.2. The van der Waals surface area contributed by atoms with Gasteiger partial charge in [-0.3, -0.25) is 4.79 Å². The van der Waals surface area contributed by atoms with E-state index < -0.39 is 12.1 Å². The Morgan fingerprint density at radius 3 is 2.64 bits per heavy atom. The lowest BCUT2D eigenvalue weighted by molar-refractivity contribution is -0.118. The van der Waals surface area contributed by atoms with E-state index in [2.05, 4.69) is 15.3 Å². The summed E-state index contributed by atoms with van der Waals surface area (Å²) in [5, 5.41) is 2.74. The molecule has 4 rings (SSSR count). The van der Waals surface area contributed by atoms with E-state index in [9.17, 15) is 14.4 Å². The highest BCUT2D eigenvalue weighted by atomic mass is 16.6. The van der Waals surface area contributed by atoms with Crippen molar-refractivity contribution in [3.8, 4) is 11.5 Å². The molecule has 1 aliphatic rings. The number of ether oxygens (including phenoxy) is 3. The van der Waals surface area contributed by atoms with Crippen molar-refractivity contribution in [2.45, 2.75) is 12.5 Å².